The molecule has 0 aliphatic rings. The van der Waals surface area contributed by atoms with Gasteiger partial charge in [-0.05, 0) is 36.8 Å². The van der Waals surface area contributed by atoms with Gasteiger partial charge in [0.2, 0.25) is 0 Å². The first-order valence-corrected chi connectivity index (χ1v) is 6.25. The number of rotatable bonds is 4. The van der Waals surface area contributed by atoms with Crippen molar-refractivity contribution in [2.45, 2.75) is 6.92 Å². The predicted octanol–water partition coefficient (Wildman–Crippen LogP) is 4.15. The molecular formula is C15H13ClO4. The van der Waals surface area contributed by atoms with Gasteiger partial charge in [0.15, 0.2) is 17.2 Å². The van der Waals surface area contributed by atoms with Gasteiger partial charge in [0.05, 0.1) is 12.1 Å². The van der Waals surface area contributed by atoms with Crippen molar-refractivity contribution < 1.29 is 19.4 Å². The van der Waals surface area contributed by atoms with Crippen LogP contribution in [-0.4, -0.2) is 18.2 Å². The van der Waals surface area contributed by atoms with Crippen LogP contribution in [0, 0.1) is 6.92 Å². The first-order valence-electron chi connectivity index (χ1n) is 5.87. The van der Waals surface area contributed by atoms with Crippen molar-refractivity contribution in [2.75, 3.05) is 7.11 Å². The van der Waals surface area contributed by atoms with Crippen LogP contribution in [-0.2, 0) is 0 Å². The average molecular weight is 293 g/mol. The Balaban J connectivity index is 2.47. The molecule has 0 amide bonds. The highest BCUT2D eigenvalue weighted by Crippen LogP contribution is 2.37. The van der Waals surface area contributed by atoms with E-state index in [0.717, 1.165) is 5.56 Å². The number of hydrogen-bond acceptors (Lipinski definition) is 3. The Morgan fingerprint density at radius 2 is 1.95 bits per heavy atom. The summed E-state index contributed by atoms with van der Waals surface area (Å²) in [6, 6.07) is 9.92. The maximum atomic E-state index is 11.2. The van der Waals surface area contributed by atoms with Gasteiger partial charge in [0.25, 0.3) is 0 Å². The van der Waals surface area contributed by atoms with Gasteiger partial charge in [0, 0.05) is 0 Å². The fraction of sp³-hybridized carbons (Fsp3) is 0.133. The van der Waals surface area contributed by atoms with Crippen LogP contribution in [0.3, 0.4) is 0 Å². The third-order valence-corrected chi connectivity index (χ3v) is 3.03. The molecule has 5 heteroatoms. The highest BCUT2D eigenvalue weighted by Gasteiger charge is 2.17. The van der Waals surface area contributed by atoms with Crippen molar-refractivity contribution in [3.63, 3.8) is 0 Å². The molecule has 0 radical (unpaired) electrons. The van der Waals surface area contributed by atoms with E-state index in [1.807, 2.05) is 13.0 Å². The lowest BCUT2D eigenvalue weighted by molar-refractivity contribution is 0.0694. The van der Waals surface area contributed by atoms with E-state index in [1.54, 1.807) is 24.3 Å². The van der Waals surface area contributed by atoms with Crippen LogP contribution in [0.15, 0.2) is 36.4 Å². The highest BCUT2D eigenvalue weighted by molar-refractivity contribution is 6.32. The number of carbonyl (C=O) groups is 1. The number of halogens is 1. The standard InChI is InChI=1S/C15H13ClO4/c1-9-6-7-12(13(8-9)19-2)20-14-10(15(17)18)4-3-5-11(14)16/h3-8H,1-2H3,(H,17,18). The van der Waals surface area contributed by atoms with Crippen molar-refractivity contribution in [3.05, 3.63) is 52.5 Å². The molecule has 0 saturated carbocycles. The molecule has 104 valence electrons. The quantitative estimate of drug-likeness (QED) is 0.920. The van der Waals surface area contributed by atoms with E-state index in [2.05, 4.69) is 0 Å². The molecule has 0 saturated heterocycles. The number of para-hydroxylation sites is 1. The number of carboxylic acid groups (broad SMARTS) is 1. The van der Waals surface area contributed by atoms with Gasteiger partial charge < -0.3 is 14.6 Å². The molecule has 0 heterocycles. The molecule has 0 aromatic heterocycles. The molecule has 0 spiro atoms. The van der Waals surface area contributed by atoms with E-state index in [1.165, 1.54) is 13.2 Å². The molecule has 20 heavy (non-hydrogen) atoms. The Hall–Kier alpha value is -2.20. The average Bonchev–Trinajstić information content (AvgIpc) is 2.42. The number of hydrogen-bond donors (Lipinski definition) is 1. The zero-order valence-corrected chi connectivity index (χ0v) is 11.8. The number of methoxy groups -OCH3 is 1. The van der Waals surface area contributed by atoms with Gasteiger partial charge in [0.1, 0.15) is 5.56 Å². The minimum absolute atomic E-state index is 0.000119. The van der Waals surface area contributed by atoms with Crippen molar-refractivity contribution in [1.29, 1.82) is 0 Å². The first kappa shape index (κ1) is 14.2. The van der Waals surface area contributed by atoms with Crippen molar-refractivity contribution in [3.8, 4) is 17.2 Å². The fourth-order valence-corrected chi connectivity index (χ4v) is 1.96. The maximum absolute atomic E-state index is 11.2. The monoisotopic (exact) mass is 292 g/mol. The van der Waals surface area contributed by atoms with Crippen molar-refractivity contribution in [1.82, 2.24) is 0 Å². The molecule has 0 fully saturated rings. The van der Waals surface area contributed by atoms with Crippen LogP contribution < -0.4 is 9.47 Å². The summed E-state index contributed by atoms with van der Waals surface area (Å²) in [5, 5.41) is 9.40. The summed E-state index contributed by atoms with van der Waals surface area (Å²) in [5.74, 6) is -0.0765. The zero-order valence-electron chi connectivity index (χ0n) is 11.0. The third kappa shape index (κ3) is 2.86. The lowest BCUT2D eigenvalue weighted by atomic mass is 10.2. The smallest absolute Gasteiger partial charge is 0.339 e. The molecule has 0 bridgehead atoms. The summed E-state index contributed by atoms with van der Waals surface area (Å²) in [7, 11) is 1.52. The molecule has 0 aliphatic heterocycles. The van der Waals surface area contributed by atoms with E-state index in [-0.39, 0.29) is 16.3 Å². The predicted molar refractivity (Wildman–Crippen MR) is 76.2 cm³/mol. The van der Waals surface area contributed by atoms with Crippen LogP contribution in [0.5, 0.6) is 17.2 Å². The van der Waals surface area contributed by atoms with Gasteiger partial charge in [-0.1, -0.05) is 23.7 Å². The van der Waals surface area contributed by atoms with Gasteiger partial charge in [-0.2, -0.15) is 0 Å². The lowest BCUT2D eigenvalue weighted by Crippen LogP contribution is -2.01. The van der Waals surface area contributed by atoms with Gasteiger partial charge in [-0.15, -0.1) is 0 Å². The number of aromatic carboxylic acids is 1. The topological polar surface area (TPSA) is 55.8 Å². The molecule has 1 N–H and O–H groups in total. The van der Waals surface area contributed by atoms with Crippen LogP contribution in [0.25, 0.3) is 0 Å². The summed E-state index contributed by atoms with van der Waals surface area (Å²) in [6.07, 6.45) is 0. The summed E-state index contributed by atoms with van der Waals surface area (Å²) < 4.78 is 10.9. The Morgan fingerprint density at radius 1 is 1.20 bits per heavy atom. The Kier molecular flexibility index (Phi) is 4.15. The summed E-state index contributed by atoms with van der Waals surface area (Å²) in [5.41, 5.74) is 1.01. The van der Waals surface area contributed by atoms with Crippen molar-refractivity contribution in [2.24, 2.45) is 0 Å². The molecule has 4 nitrogen and oxygen atoms in total. The molecule has 2 rings (SSSR count). The van der Waals surface area contributed by atoms with Gasteiger partial charge >= 0.3 is 5.97 Å². The highest BCUT2D eigenvalue weighted by atomic mass is 35.5. The Labute approximate surface area is 121 Å². The lowest BCUT2D eigenvalue weighted by Gasteiger charge is -2.13. The minimum atomic E-state index is -1.10. The van der Waals surface area contributed by atoms with Crippen LogP contribution in [0.4, 0.5) is 0 Å². The molecular weight excluding hydrogens is 280 g/mol. The van der Waals surface area contributed by atoms with Crippen LogP contribution in [0.2, 0.25) is 5.02 Å². The van der Waals surface area contributed by atoms with Crippen molar-refractivity contribution >= 4 is 17.6 Å². The molecule has 0 atom stereocenters. The number of aryl methyl sites for hydroxylation is 1. The second kappa shape index (κ2) is 5.84. The van der Waals surface area contributed by atoms with Gasteiger partial charge in [-0.3, -0.25) is 0 Å². The minimum Gasteiger partial charge on any atom is -0.493 e. The second-order valence-electron chi connectivity index (χ2n) is 4.18. The first-order chi connectivity index (χ1) is 9.52. The van der Waals surface area contributed by atoms with E-state index in [9.17, 15) is 4.79 Å². The number of carboxylic acids is 1. The van der Waals surface area contributed by atoms with Gasteiger partial charge in [-0.25, -0.2) is 4.79 Å². The summed E-state index contributed by atoms with van der Waals surface area (Å²) >= 11 is 6.02. The molecule has 2 aromatic carbocycles. The van der Waals surface area contributed by atoms with Crippen LogP contribution in [0.1, 0.15) is 15.9 Å². The normalized spacial score (nSPS) is 10.2. The SMILES string of the molecule is COc1cc(C)ccc1Oc1c(Cl)cccc1C(=O)O. The molecule has 0 unspecified atom stereocenters. The zero-order chi connectivity index (χ0) is 14.7. The van der Waals surface area contributed by atoms with Crippen LogP contribution >= 0.6 is 11.6 Å². The fourth-order valence-electron chi connectivity index (χ4n) is 1.75. The third-order valence-electron chi connectivity index (χ3n) is 2.73. The van der Waals surface area contributed by atoms with E-state index in [4.69, 9.17) is 26.2 Å². The summed E-state index contributed by atoms with van der Waals surface area (Å²) in [4.78, 5) is 11.2. The van der Waals surface area contributed by atoms with E-state index < -0.39 is 5.97 Å². The number of benzene rings is 2. The molecule has 2 aromatic rings. The Bertz CT molecular complexity index is 652. The summed E-state index contributed by atoms with van der Waals surface area (Å²) in [6.45, 7) is 1.92. The largest absolute Gasteiger partial charge is 0.493 e. The number of ether oxygens (including phenoxy) is 2. The Morgan fingerprint density at radius 3 is 2.60 bits per heavy atom. The molecule has 0 aliphatic carbocycles. The van der Waals surface area contributed by atoms with E-state index in [0.29, 0.717) is 11.5 Å². The maximum Gasteiger partial charge on any atom is 0.339 e. The second-order valence-corrected chi connectivity index (χ2v) is 4.59. The van der Waals surface area contributed by atoms with E-state index >= 15 is 0 Å².